The minimum atomic E-state index is -0.0378. The van der Waals surface area contributed by atoms with Gasteiger partial charge in [-0.15, -0.1) is 0 Å². The van der Waals surface area contributed by atoms with E-state index < -0.39 is 0 Å². The number of hydrogen-bond acceptors (Lipinski definition) is 2. The van der Waals surface area contributed by atoms with Gasteiger partial charge in [0.05, 0.1) is 0 Å². The van der Waals surface area contributed by atoms with Gasteiger partial charge in [-0.2, -0.15) is 0 Å². The summed E-state index contributed by atoms with van der Waals surface area (Å²) in [6, 6.07) is 7.17. The number of nitrogens with one attached hydrogen (secondary N) is 1. The van der Waals surface area contributed by atoms with Crippen LogP contribution in [0.5, 0.6) is 5.75 Å². The third-order valence-electron chi connectivity index (χ3n) is 3.50. The van der Waals surface area contributed by atoms with Gasteiger partial charge in [0.2, 0.25) is 0 Å². The summed E-state index contributed by atoms with van der Waals surface area (Å²) in [5.41, 5.74) is 2.67. The number of rotatable bonds is 5. The predicted molar refractivity (Wildman–Crippen MR) is 76.1 cm³/mol. The molecule has 1 aromatic rings. The van der Waals surface area contributed by atoms with Gasteiger partial charge in [0.1, 0.15) is 11.4 Å². The van der Waals surface area contributed by atoms with E-state index in [9.17, 15) is 0 Å². The maximum absolute atomic E-state index is 5.89. The first-order chi connectivity index (χ1) is 8.50. The van der Waals surface area contributed by atoms with E-state index in [2.05, 4.69) is 51.2 Å². The Morgan fingerprint density at radius 3 is 2.89 bits per heavy atom. The van der Waals surface area contributed by atoms with Crippen molar-refractivity contribution in [2.24, 2.45) is 0 Å². The number of ether oxygens (including phenoxy) is 1. The quantitative estimate of drug-likeness (QED) is 0.857. The van der Waals surface area contributed by atoms with Crippen LogP contribution in [0.3, 0.4) is 0 Å². The lowest BCUT2D eigenvalue weighted by atomic mass is 10.00. The van der Waals surface area contributed by atoms with Crippen molar-refractivity contribution >= 4 is 0 Å². The smallest absolute Gasteiger partial charge is 0.123 e. The maximum atomic E-state index is 5.89. The van der Waals surface area contributed by atoms with Crippen LogP contribution in [0.15, 0.2) is 18.2 Å². The molecule has 0 aromatic heterocycles. The molecule has 0 saturated heterocycles. The summed E-state index contributed by atoms with van der Waals surface area (Å²) in [5.74, 6) is 1.06. The van der Waals surface area contributed by atoms with E-state index in [1.807, 2.05) is 0 Å². The minimum Gasteiger partial charge on any atom is -0.487 e. The second kappa shape index (κ2) is 5.31. The molecule has 1 aliphatic rings. The van der Waals surface area contributed by atoms with Gasteiger partial charge in [-0.05, 0) is 44.4 Å². The summed E-state index contributed by atoms with van der Waals surface area (Å²) in [5, 5.41) is 3.57. The maximum Gasteiger partial charge on any atom is 0.123 e. The normalized spacial score (nSPS) is 18.2. The second-order valence-corrected chi connectivity index (χ2v) is 6.05. The molecule has 1 N–H and O–H groups in total. The highest BCUT2D eigenvalue weighted by Crippen LogP contribution is 2.35. The Balaban J connectivity index is 1.97. The highest BCUT2D eigenvalue weighted by molar-refractivity contribution is 5.41. The van der Waals surface area contributed by atoms with Crippen molar-refractivity contribution < 1.29 is 4.74 Å². The molecular weight excluding hydrogens is 222 g/mol. The van der Waals surface area contributed by atoms with Gasteiger partial charge < -0.3 is 10.1 Å². The van der Waals surface area contributed by atoms with Crippen LogP contribution in [0, 0.1) is 0 Å². The van der Waals surface area contributed by atoms with Crippen molar-refractivity contribution in [2.45, 2.75) is 65.1 Å². The minimum absolute atomic E-state index is 0.0378. The Morgan fingerprint density at radius 2 is 2.17 bits per heavy atom. The Labute approximate surface area is 111 Å². The number of benzene rings is 1. The fourth-order valence-corrected chi connectivity index (χ4v) is 2.60. The van der Waals surface area contributed by atoms with Crippen LogP contribution in [-0.4, -0.2) is 11.6 Å². The molecule has 1 aromatic carbocycles. The summed E-state index contributed by atoms with van der Waals surface area (Å²) in [7, 11) is 0. The van der Waals surface area contributed by atoms with Crippen molar-refractivity contribution in [1.82, 2.24) is 5.32 Å². The van der Waals surface area contributed by atoms with E-state index in [1.165, 1.54) is 24.0 Å². The molecular formula is C16H25NO. The summed E-state index contributed by atoms with van der Waals surface area (Å²) in [6.45, 7) is 9.73. The highest BCUT2D eigenvalue weighted by Gasteiger charge is 2.29. The van der Waals surface area contributed by atoms with Crippen molar-refractivity contribution in [3.63, 3.8) is 0 Å². The molecule has 0 radical (unpaired) electrons. The highest BCUT2D eigenvalue weighted by atomic mass is 16.5. The first kappa shape index (κ1) is 13.4. The molecule has 0 spiro atoms. The Morgan fingerprint density at radius 1 is 1.39 bits per heavy atom. The monoisotopic (exact) mass is 247 g/mol. The molecule has 0 saturated carbocycles. The van der Waals surface area contributed by atoms with Crippen LogP contribution in [0.2, 0.25) is 0 Å². The van der Waals surface area contributed by atoms with Gasteiger partial charge in [-0.25, -0.2) is 0 Å². The van der Waals surface area contributed by atoms with Gasteiger partial charge in [0, 0.05) is 19.0 Å². The van der Waals surface area contributed by atoms with E-state index in [-0.39, 0.29) is 5.60 Å². The third kappa shape index (κ3) is 3.26. The van der Waals surface area contributed by atoms with Crippen LogP contribution in [0.25, 0.3) is 0 Å². The van der Waals surface area contributed by atoms with Crippen molar-refractivity contribution in [2.75, 3.05) is 0 Å². The van der Waals surface area contributed by atoms with Gasteiger partial charge in [-0.1, -0.05) is 25.5 Å². The van der Waals surface area contributed by atoms with Crippen LogP contribution in [0.4, 0.5) is 0 Å². The molecule has 100 valence electrons. The lowest BCUT2D eigenvalue weighted by Crippen LogP contribution is -2.25. The summed E-state index contributed by atoms with van der Waals surface area (Å²) < 4.78 is 5.89. The van der Waals surface area contributed by atoms with Gasteiger partial charge in [-0.3, -0.25) is 0 Å². The zero-order valence-electron chi connectivity index (χ0n) is 12.0. The first-order valence-corrected chi connectivity index (χ1v) is 7.04. The van der Waals surface area contributed by atoms with Crippen LogP contribution in [-0.2, 0) is 13.0 Å². The predicted octanol–water partition coefficient (Wildman–Crippen LogP) is 3.68. The largest absolute Gasteiger partial charge is 0.487 e. The number of fused-ring (bicyclic) bond motifs is 1. The van der Waals surface area contributed by atoms with Gasteiger partial charge in [0.15, 0.2) is 0 Å². The van der Waals surface area contributed by atoms with Gasteiger partial charge in [0.25, 0.3) is 0 Å². The molecule has 1 aliphatic heterocycles. The van der Waals surface area contributed by atoms with E-state index in [0.29, 0.717) is 6.04 Å². The SMILES string of the molecule is CCCC(C)NCc1ccc2c(c1)CC(C)(C)O2. The lowest BCUT2D eigenvalue weighted by Gasteiger charge is -2.16. The molecule has 1 heterocycles. The van der Waals surface area contributed by atoms with Crippen molar-refractivity contribution in [3.8, 4) is 5.75 Å². The molecule has 0 amide bonds. The van der Waals surface area contributed by atoms with Gasteiger partial charge >= 0.3 is 0 Å². The van der Waals surface area contributed by atoms with Crippen molar-refractivity contribution in [3.05, 3.63) is 29.3 Å². The average Bonchev–Trinajstić information content (AvgIpc) is 2.59. The molecule has 0 bridgehead atoms. The molecule has 2 nitrogen and oxygen atoms in total. The van der Waals surface area contributed by atoms with E-state index in [0.717, 1.165) is 18.7 Å². The summed E-state index contributed by atoms with van der Waals surface area (Å²) >= 11 is 0. The molecule has 1 unspecified atom stereocenters. The fourth-order valence-electron chi connectivity index (χ4n) is 2.60. The lowest BCUT2D eigenvalue weighted by molar-refractivity contribution is 0.138. The third-order valence-corrected chi connectivity index (χ3v) is 3.50. The Kier molecular flexibility index (Phi) is 3.96. The zero-order chi connectivity index (χ0) is 13.2. The number of hydrogen-bond donors (Lipinski definition) is 1. The molecule has 2 heteroatoms. The Hall–Kier alpha value is -1.02. The first-order valence-electron chi connectivity index (χ1n) is 7.04. The van der Waals surface area contributed by atoms with Crippen LogP contribution < -0.4 is 10.1 Å². The van der Waals surface area contributed by atoms with Crippen LogP contribution in [0.1, 0.15) is 51.7 Å². The molecule has 0 aliphatic carbocycles. The topological polar surface area (TPSA) is 21.3 Å². The standard InChI is InChI=1S/C16H25NO/c1-5-6-12(2)17-11-13-7-8-15-14(9-13)10-16(3,4)18-15/h7-9,12,17H,5-6,10-11H2,1-4H3. The van der Waals surface area contributed by atoms with E-state index in [4.69, 9.17) is 4.74 Å². The Bertz CT molecular complexity index is 412. The summed E-state index contributed by atoms with van der Waals surface area (Å²) in [4.78, 5) is 0. The second-order valence-electron chi connectivity index (χ2n) is 6.05. The van der Waals surface area contributed by atoms with E-state index >= 15 is 0 Å². The molecule has 1 atom stereocenters. The average molecular weight is 247 g/mol. The fraction of sp³-hybridized carbons (Fsp3) is 0.625. The molecule has 18 heavy (non-hydrogen) atoms. The van der Waals surface area contributed by atoms with Crippen LogP contribution >= 0.6 is 0 Å². The zero-order valence-corrected chi connectivity index (χ0v) is 12.0. The molecule has 0 fully saturated rings. The van der Waals surface area contributed by atoms with E-state index in [1.54, 1.807) is 0 Å². The van der Waals surface area contributed by atoms with Crippen molar-refractivity contribution in [1.29, 1.82) is 0 Å². The molecule has 2 rings (SSSR count). The summed E-state index contributed by atoms with van der Waals surface area (Å²) in [6.07, 6.45) is 3.49.